The highest BCUT2D eigenvalue weighted by Crippen LogP contribution is 2.13. The van der Waals surface area contributed by atoms with Crippen molar-refractivity contribution in [2.75, 3.05) is 6.61 Å². The van der Waals surface area contributed by atoms with Crippen molar-refractivity contribution < 1.29 is 14.3 Å². The number of hydrazine groups is 1. The van der Waals surface area contributed by atoms with E-state index < -0.39 is 0 Å². The van der Waals surface area contributed by atoms with E-state index in [9.17, 15) is 9.59 Å². The van der Waals surface area contributed by atoms with Crippen LogP contribution in [0.15, 0.2) is 48.5 Å². The van der Waals surface area contributed by atoms with Crippen LogP contribution in [0.25, 0.3) is 0 Å². The summed E-state index contributed by atoms with van der Waals surface area (Å²) in [5.41, 5.74) is 6.69. The Morgan fingerprint density at radius 2 is 1.58 bits per heavy atom. The lowest BCUT2D eigenvalue weighted by atomic mass is 10.1. The van der Waals surface area contributed by atoms with Gasteiger partial charge >= 0.3 is 0 Å². The number of carbonyl (C=O) groups is 2. The van der Waals surface area contributed by atoms with Crippen LogP contribution in [0, 0.1) is 6.92 Å². The monoisotopic (exact) mass is 354 g/mol. The highest BCUT2D eigenvalue weighted by molar-refractivity contribution is 5.99. The van der Waals surface area contributed by atoms with Gasteiger partial charge in [0, 0.05) is 11.1 Å². The number of rotatable bonds is 8. The molecule has 0 aliphatic carbocycles. The Hall–Kier alpha value is -2.82. The molecule has 2 N–H and O–H groups in total. The lowest BCUT2D eigenvalue weighted by Crippen LogP contribution is -2.41. The maximum atomic E-state index is 12.1. The molecule has 0 fully saturated rings. The standard InChI is InChI=1S/C21H26N2O3/c1-3-4-5-8-15-26-18-13-11-17(12-14-18)20(24)22-23-21(25)19-10-7-6-9-16(19)2/h6-7,9-14H,3-5,8,15H2,1-2H3,(H,22,24)(H,23,25). The Bertz CT molecular complexity index is 726. The third kappa shape index (κ3) is 5.92. The number of nitrogens with one attached hydrogen (secondary N) is 2. The Balaban J connectivity index is 1.80. The minimum absolute atomic E-state index is 0.344. The van der Waals surface area contributed by atoms with Crippen LogP contribution in [-0.2, 0) is 0 Å². The Morgan fingerprint density at radius 1 is 0.885 bits per heavy atom. The molecular formula is C21H26N2O3. The molecule has 0 spiro atoms. The predicted molar refractivity (Wildman–Crippen MR) is 102 cm³/mol. The van der Waals surface area contributed by atoms with Gasteiger partial charge in [-0.25, -0.2) is 0 Å². The topological polar surface area (TPSA) is 67.4 Å². The molecule has 5 nitrogen and oxygen atoms in total. The maximum absolute atomic E-state index is 12.1. The average Bonchev–Trinajstić information content (AvgIpc) is 2.66. The second-order valence-electron chi connectivity index (χ2n) is 6.16. The number of carbonyl (C=O) groups excluding carboxylic acids is 2. The second kappa shape index (κ2) is 10.2. The number of aryl methyl sites for hydroxylation is 1. The van der Waals surface area contributed by atoms with E-state index in [0.717, 1.165) is 24.2 Å². The molecule has 26 heavy (non-hydrogen) atoms. The van der Waals surface area contributed by atoms with E-state index in [4.69, 9.17) is 4.74 Å². The molecule has 0 aromatic heterocycles. The van der Waals surface area contributed by atoms with Crippen LogP contribution >= 0.6 is 0 Å². The zero-order chi connectivity index (χ0) is 18.8. The van der Waals surface area contributed by atoms with Gasteiger partial charge in [0.05, 0.1) is 6.61 Å². The summed E-state index contributed by atoms with van der Waals surface area (Å²) in [4.78, 5) is 24.2. The van der Waals surface area contributed by atoms with Crippen LogP contribution in [0.5, 0.6) is 5.75 Å². The molecule has 0 aliphatic heterocycles. The van der Waals surface area contributed by atoms with Crippen molar-refractivity contribution in [3.8, 4) is 5.75 Å². The highest BCUT2D eigenvalue weighted by atomic mass is 16.5. The summed E-state index contributed by atoms with van der Waals surface area (Å²) < 4.78 is 5.66. The van der Waals surface area contributed by atoms with Gasteiger partial charge in [0.1, 0.15) is 5.75 Å². The quantitative estimate of drug-likeness (QED) is 0.555. The molecule has 0 heterocycles. The Morgan fingerprint density at radius 3 is 2.27 bits per heavy atom. The zero-order valence-corrected chi connectivity index (χ0v) is 15.4. The first-order chi connectivity index (χ1) is 12.6. The molecule has 0 bridgehead atoms. The van der Waals surface area contributed by atoms with E-state index in [-0.39, 0.29) is 11.8 Å². The minimum Gasteiger partial charge on any atom is -0.494 e. The van der Waals surface area contributed by atoms with Crippen LogP contribution < -0.4 is 15.6 Å². The largest absolute Gasteiger partial charge is 0.494 e. The molecule has 0 atom stereocenters. The first-order valence-electron chi connectivity index (χ1n) is 9.01. The van der Waals surface area contributed by atoms with Crippen LogP contribution in [0.4, 0.5) is 0 Å². The molecule has 138 valence electrons. The van der Waals surface area contributed by atoms with E-state index in [2.05, 4.69) is 17.8 Å². The molecule has 2 aromatic carbocycles. The lowest BCUT2D eigenvalue weighted by molar-refractivity contribution is 0.0846. The van der Waals surface area contributed by atoms with E-state index >= 15 is 0 Å². The summed E-state index contributed by atoms with van der Waals surface area (Å²) in [6.07, 6.45) is 4.61. The Labute approximate surface area is 154 Å². The smallest absolute Gasteiger partial charge is 0.269 e. The maximum Gasteiger partial charge on any atom is 0.269 e. The fourth-order valence-electron chi connectivity index (χ4n) is 2.50. The molecule has 5 heteroatoms. The van der Waals surface area contributed by atoms with Crippen LogP contribution in [0.1, 0.15) is 58.9 Å². The zero-order valence-electron chi connectivity index (χ0n) is 15.4. The number of hydrogen-bond acceptors (Lipinski definition) is 3. The summed E-state index contributed by atoms with van der Waals surface area (Å²) >= 11 is 0. The molecule has 0 saturated heterocycles. The van der Waals surface area contributed by atoms with Gasteiger partial charge in [-0.1, -0.05) is 44.4 Å². The number of ether oxygens (including phenoxy) is 1. The minimum atomic E-state index is -0.374. The number of benzene rings is 2. The third-order valence-corrected chi connectivity index (χ3v) is 4.06. The molecule has 0 saturated carbocycles. The predicted octanol–water partition coefficient (Wildman–Crippen LogP) is 4.03. The molecule has 0 radical (unpaired) electrons. The lowest BCUT2D eigenvalue weighted by Gasteiger charge is -2.10. The normalized spacial score (nSPS) is 10.2. The molecule has 0 aliphatic rings. The van der Waals surface area contributed by atoms with Crippen molar-refractivity contribution >= 4 is 11.8 Å². The molecule has 2 aromatic rings. The van der Waals surface area contributed by atoms with Crippen molar-refractivity contribution in [1.29, 1.82) is 0 Å². The number of amides is 2. The van der Waals surface area contributed by atoms with Gasteiger partial charge in [0.2, 0.25) is 0 Å². The SMILES string of the molecule is CCCCCCOc1ccc(C(=O)NNC(=O)c2ccccc2C)cc1. The van der Waals surface area contributed by atoms with Crippen molar-refractivity contribution in [2.24, 2.45) is 0 Å². The van der Waals surface area contributed by atoms with Gasteiger partial charge < -0.3 is 4.74 Å². The van der Waals surface area contributed by atoms with E-state index in [1.165, 1.54) is 12.8 Å². The Kier molecular flexibility index (Phi) is 7.68. The van der Waals surface area contributed by atoms with Gasteiger partial charge in [-0.2, -0.15) is 0 Å². The second-order valence-corrected chi connectivity index (χ2v) is 6.16. The average molecular weight is 354 g/mol. The van der Waals surface area contributed by atoms with E-state index in [1.807, 2.05) is 19.1 Å². The van der Waals surface area contributed by atoms with Gasteiger partial charge in [0.25, 0.3) is 11.8 Å². The number of hydrogen-bond donors (Lipinski definition) is 2. The summed E-state index contributed by atoms with van der Waals surface area (Å²) in [7, 11) is 0. The van der Waals surface area contributed by atoms with Gasteiger partial charge in [0.15, 0.2) is 0 Å². The van der Waals surface area contributed by atoms with Gasteiger partial charge in [-0.3, -0.25) is 20.4 Å². The number of unbranched alkanes of at least 4 members (excludes halogenated alkanes) is 3. The molecule has 2 rings (SSSR count). The van der Waals surface area contributed by atoms with Crippen LogP contribution in [-0.4, -0.2) is 18.4 Å². The summed E-state index contributed by atoms with van der Waals surface area (Å²) in [6.45, 7) is 4.70. The molecule has 2 amide bonds. The van der Waals surface area contributed by atoms with Crippen molar-refractivity contribution in [2.45, 2.75) is 39.5 Å². The third-order valence-electron chi connectivity index (χ3n) is 4.06. The first kappa shape index (κ1) is 19.5. The fraction of sp³-hybridized carbons (Fsp3) is 0.333. The van der Waals surface area contributed by atoms with Crippen molar-refractivity contribution in [3.05, 3.63) is 65.2 Å². The van der Waals surface area contributed by atoms with E-state index in [1.54, 1.807) is 36.4 Å². The summed E-state index contributed by atoms with van der Waals surface area (Å²) in [5.74, 6) is 0.0203. The summed E-state index contributed by atoms with van der Waals surface area (Å²) in [6, 6.07) is 14.1. The molecular weight excluding hydrogens is 328 g/mol. The first-order valence-corrected chi connectivity index (χ1v) is 9.01. The van der Waals surface area contributed by atoms with Crippen LogP contribution in [0.2, 0.25) is 0 Å². The van der Waals surface area contributed by atoms with E-state index in [0.29, 0.717) is 17.7 Å². The van der Waals surface area contributed by atoms with Crippen molar-refractivity contribution in [3.63, 3.8) is 0 Å². The van der Waals surface area contributed by atoms with Crippen LogP contribution in [0.3, 0.4) is 0 Å². The summed E-state index contributed by atoms with van der Waals surface area (Å²) in [5, 5.41) is 0. The molecule has 0 unspecified atom stereocenters. The van der Waals surface area contributed by atoms with Crippen molar-refractivity contribution in [1.82, 2.24) is 10.9 Å². The highest BCUT2D eigenvalue weighted by Gasteiger charge is 2.10. The van der Waals surface area contributed by atoms with Gasteiger partial charge in [-0.15, -0.1) is 0 Å². The van der Waals surface area contributed by atoms with Gasteiger partial charge in [-0.05, 0) is 49.2 Å². The fourth-order valence-corrected chi connectivity index (χ4v) is 2.50.